The first-order valence-corrected chi connectivity index (χ1v) is 10.0. The number of alkyl halides is 2. The molecule has 1 atom stereocenters. The van der Waals surface area contributed by atoms with Crippen LogP contribution in [0.25, 0.3) is 10.6 Å². The van der Waals surface area contributed by atoms with Gasteiger partial charge in [-0.1, -0.05) is 23.5 Å². The van der Waals surface area contributed by atoms with Gasteiger partial charge in [-0.05, 0) is 25.1 Å². The lowest BCUT2D eigenvalue weighted by Crippen LogP contribution is -2.39. The van der Waals surface area contributed by atoms with Crippen molar-refractivity contribution >= 4 is 28.3 Å². The summed E-state index contributed by atoms with van der Waals surface area (Å²) in [5.74, 6) is -1.60. The number of hydrogen-bond acceptors (Lipinski definition) is 8. The molecule has 0 bridgehead atoms. The van der Waals surface area contributed by atoms with Crippen molar-refractivity contribution in [3.8, 4) is 27.8 Å². The first kappa shape index (κ1) is 20.1. The normalized spacial score (nSPS) is 19.8. The van der Waals surface area contributed by atoms with Gasteiger partial charge in [0.2, 0.25) is 11.0 Å². The van der Waals surface area contributed by atoms with Gasteiger partial charge in [-0.15, -0.1) is 19.0 Å². The van der Waals surface area contributed by atoms with E-state index in [1.165, 1.54) is 24.3 Å². The molecule has 164 valence electrons. The van der Waals surface area contributed by atoms with Gasteiger partial charge >= 0.3 is 12.3 Å². The zero-order chi connectivity index (χ0) is 22.7. The second-order valence-electron chi connectivity index (χ2n) is 7.33. The standard InChI is InChI=1S/C20H13F2N3O6S/c1-19(8-29-12-7-14-13(6-11(12)19)30-20(21,22)31-14)17(28)23-18-25-24-15(32-18)9-2-4-10(5-3-9)16(26)27/h2-7H,8H2,1H3,(H,26,27)(H,23,25,28). The number of rotatable bonds is 4. The summed E-state index contributed by atoms with van der Waals surface area (Å²) >= 11 is 1.10. The van der Waals surface area contributed by atoms with Crippen LogP contribution in [0.5, 0.6) is 17.2 Å². The van der Waals surface area contributed by atoms with E-state index >= 15 is 0 Å². The molecule has 0 saturated carbocycles. The van der Waals surface area contributed by atoms with Crippen LogP contribution < -0.4 is 19.5 Å². The van der Waals surface area contributed by atoms with Gasteiger partial charge in [0.15, 0.2) is 11.5 Å². The van der Waals surface area contributed by atoms with E-state index in [4.69, 9.17) is 9.84 Å². The Morgan fingerprint density at radius 2 is 1.78 bits per heavy atom. The topological polar surface area (TPSA) is 120 Å². The number of amides is 1. The zero-order valence-electron chi connectivity index (χ0n) is 16.2. The summed E-state index contributed by atoms with van der Waals surface area (Å²) < 4.78 is 41.2. The lowest BCUT2D eigenvalue weighted by Gasteiger charge is -2.20. The molecule has 3 aromatic rings. The van der Waals surface area contributed by atoms with E-state index in [0.717, 1.165) is 11.3 Å². The van der Waals surface area contributed by atoms with Gasteiger partial charge in [0.25, 0.3) is 0 Å². The van der Waals surface area contributed by atoms with Crippen LogP contribution in [0.4, 0.5) is 13.9 Å². The number of ether oxygens (including phenoxy) is 3. The number of carboxylic acid groups (broad SMARTS) is 1. The molecule has 12 heteroatoms. The van der Waals surface area contributed by atoms with Crippen LogP contribution in [0, 0.1) is 0 Å². The maximum atomic E-state index is 13.4. The third kappa shape index (κ3) is 3.28. The summed E-state index contributed by atoms with van der Waals surface area (Å²) in [4.78, 5) is 24.0. The number of halogens is 2. The third-order valence-electron chi connectivity index (χ3n) is 5.14. The summed E-state index contributed by atoms with van der Waals surface area (Å²) in [5.41, 5.74) is -0.0368. The molecular formula is C20H13F2N3O6S. The minimum Gasteiger partial charge on any atom is -0.492 e. The van der Waals surface area contributed by atoms with Crippen LogP contribution in [0.2, 0.25) is 0 Å². The van der Waals surface area contributed by atoms with Gasteiger partial charge in [-0.25, -0.2) is 4.79 Å². The minimum atomic E-state index is -3.78. The van der Waals surface area contributed by atoms with E-state index < -0.39 is 23.6 Å². The van der Waals surface area contributed by atoms with Crippen molar-refractivity contribution in [3.05, 3.63) is 47.5 Å². The predicted octanol–water partition coefficient (Wildman–Crippen LogP) is 3.51. The van der Waals surface area contributed by atoms with Crippen molar-refractivity contribution in [2.75, 3.05) is 11.9 Å². The van der Waals surface area contributed by atoms with E-state index in [0.29, 0.717) is 16.1 Å². The van der Waals surface area contributed by atoms with Gasteiger partial charge in [-0.3, -0.25) is 10.1 Å². The number of carbonyl (C=O) groups excluding carboxylic acids is 1. The third-order valence-corrected chi connectivity index (χ3v) is 6.03. The quantitative estimate of drug-likeness (QED) is 0.606. The molecule has 1 amide bonds. The van der Waals surface area contributed by atoms with E-state index in [1.807, 2.05) is 0 Å². The number of nitrogens with one attached hydrogen (secondary N) is 1. The minimum absolute atomic E-state index is 0.0181. The average Bonchev–Trinajstić information content (AvgIpc) is 3.42. The van der Waals surface area contributed by atoms with Crippen molar-refractivity contribution in [3.63, 3.8) is 0 Å². The number of nitrogens with zero attached hydrogens (tertiary/aromatic N) is 2. The summed E-state index contributed by atoms with van der Waals surface area (Å²) in [6.07, 6.45) is -3.78. The highest BCUT2D eigenvalue weighted by molar-refractivity contribution is 7.18. The summed E-state index contributed by atoms with van der Waals surface area (Å²) in [7, 11) is 0. The van der Waals surface area contributed by atoms with Gasteiger partial charge in [0.05, 0.1) is 5.56 Å². The Morgan fingerprint density at radius 1 is 1.09 bits per heavy atom. The molecule has 1 unspecified atom stereocenters. The van der Waals surface area contributed by atoms with Crippen molar-refractivity contribution in [1.29, 1.82) is 0 Å². The molecule has 0 fully saturated rings. The Hall–Kier alpha value is -3.80. The van der Waals surface area contributed by atoms with E-state index in [9.17, 15) is 18.4 Å². The number of carbonyl (C=O) groups is 2. The molecule has 5 rings (SSSR count). The van der Waals surface area contributed by atoms with Gasteiger partial charge in [0.1, 0.15) is 22.8 Å². The molecular weight excluding hydrogens is 448 g/mol. The fourth-order valence-electron chi connectivity index (χ4n) is 3.40. The lowest BCUT2D eigenvalue weighted by atomic mass is 9.83. The monoisotopic (exact) mass is 461 g/mol. The van der Waals surface area contributed by atoms with Crippen molar-refractivity contribution < 1.29 is 37.7 Å². The van der Waals surface area contributed by atoms with Crippen LogP contribution in [-0.2, 0) is 10.2 Å². The van der Waals surface area contributed by atoms with Crippen molar-refractivity contribution in [2.45, 2.75) is 18.6 Å². The van der Waals surface area contributed by atoms with Crippen LogP contribution >= 0.6 is 11.3 Å². The SMILES string of the molecule is CC1(C(=O)Nc2nnc(-c3ccc(C(=O)O)cc3)s2)COc2cc3c(cc21)OC(F)(F)O3. The Morgan fingerprint density at radius 3 is 2.47 bits per heavy atom. The molecule has 1 aromatic heterocycles. The number of anilines is 1. The van der Waals surface area contributed by atoms with E-state index in [1.54, 1.807) is 19.1 Å². The maximum Gasteiger partial charge on any atom is 0.586 e. The van der Waals surface area contributed by atoms with Gasteiger partial charge in [0, 0.05) is 17.2 Å². The molecule has 2 aromatic carbocycles. The Labute approximate surface area is 182 Å². The second kappa shape index (κ2) is 6.85. The van der Waals surface area contributed by atoms with Crippen LogP contribution in [-0.4, -0.2) is 40.1 Å². The van der Waals surface area contributed by atoms with Crippen molar-refractivity contribution in [1.82, 2.24) is 10.2 Å². The van der Waals surface area contributed by atoms with E-state index in [-0.39, 0.29) is 34.6 Å². The maximum absolute atomic E-state index is 13.4. The fraction of sp³-hybridized carbons (Fsp3) is 0.200. The van der Waals surface area contributed by atoms with Crippen molar-refractivity contribution in [2.24, 2.45) is 0 Å². The number of aromatic carboxylic acids is 1. The highest BCUT2D eigenvalue weighted by Gasteiger charge is 2.49. The number of carboxylic acids is 1. The molecule has 0 spiro atoms. The first-order chi connectivity index (χ1) is 15.1. The Balaban J connectivity index is 1.36. The first-order valence-electron chi connectivity index (χ1n) is 9.20. The highest BCUT2D eigenvalue weighted by atomic mass is 32.1. The largest absolute Gasteiger partial charge is 0.586 e. The Bertz CT molecular complexity index is 1260. The molecule has 2 aliphatic rings. The highest BCUT2D eigenvalue weighted by Crippen LogP contribution is 2.50. The van der Waals surface area contributed by atoms with Gasteiger partial charge < -0.3 is 19.3 Å². The zero-order valence-corrected chi connectivity index (χ0v) is 17.0. The second-order valence-corrected chi connectivity index (χ2v) is 8.31. The van der Waals surface area contributed by atoms with E-state index in [2.05, 4.69) is 25.0 Å². The molecule has 2 aliphatic heterocycles. The number of hydrogen-bond donors (Lipinski definition) is 2. The van der Waals surface area contributed by atoms with Crippen LogP contribution in [0.3, 0.4) is 0 Å². The fourth-order valence-corrected chi connectivity index (χ4v) is 4.14. The lowest BCUT2D eigenvalue weighted by molar-refractivity contribution is -0.286. The number of aromatic nitrogens is 2. The average molecular weight is 461 g/mol. The molecule has 0 radical (unpaired) electrons. The molecule has 0 saturated heterocycles. The number of benzene rings is 2. The summed E-state index contributed by atoms with van der Waals surface area (Å²) in [6, 6.07) is 8.66. The smallest absolute Gasteiger partial charge is 0.492 e. The Kier molecular flexibility index (Phi) is 4.31. The predicted molar refractivity (Wildman–Crippen MR) is 106 cm³/mol. The molecule has 0 aliphatic carbocycles. The summed E-state index contributed by atoms with van der Waals surface area (Å²) in [5, 5.41) is 20.4. The number of fused-ring (bicyclic) bond motifs is 2. The van der Waals surface area contributed by atoms with Crippen LogP contribution in [0.1, 0.15) is 22.8 Å². The molecule has 32 heavy (non-hydrogen) atoms. The van der Waals surface area contributed by atoms with Crippen LogP contribution in [0.15, 0.2) is 36.4 Å². The van der Waals surface area contributed by atoms with Gasteiger partial charge in [-0.2, -0.15) is 0 Å². The molecule has 2 N–H and O–H groups in total. The molecule has 9 nitrogen and oxygen atoms in total. The summed E-state index contributed by atoms with van der Waals surface area (Å²) in [6.45, 7) is 1.59. The molecule has 3 heterocycles.